The van der Waals surface area contributed by atoms with E-state index >= 15 is 0 Å². The molecule has 0 aliphatic heterocycles. The molecule has 0 aliphatic rings. The van der Waals surface area contributed by atoms with Crippen LogP contribution in [0.15, 0.2) is 17.0 Å². The van der Waals surface area contributed by atoms with Crippen molar-refractivity contribution in [3.63, 3.8) is 0 Å². The minimum Gasteiger partial charge on any atom is -0.379 e. The number of ether oxygens (including phenoxy) is 1. The molecule has 0 spiro atoms. The molecule has 0 radical (unpaired) electrons. The van der Waals surface area contributed by atoms with Gasteiger partial charge >= 0.3 is 0 Å². The largest absolute Gasteiger partial charge is 0.379 e. The molecule has 0 amide bonds. The van der Waals surface area contributed by atoms with Gasteiger partial charge in [0, 0.05) is 23.7 Å². The van der Waals surface area contributed by atoms with Gasteiger partial charge in [0.2, 0.25) is 10.0 Å². The molecule has 2 aromatic heterocycles. The number of hydrogen-bond acceptors (Lipinski definition) is 5. The fraction of sp³-hybridized carbons (Fsp3) is 0.533. The summed E-state index contributed by atoms with van der Waals surface area (Å²) in [6.45, 7) is 8.54. The Morgan fingerprint density at radius 3 is 2.70 bits per heavy atom. The van der Waals surface area contributed by atoms with Crippen molar-refractivity contribution in [1.82, 2.24) is 14.9 Å². The summed E-state index contributed by atoms with van der Waals surface area (Å²) in [5.41, 5.74) is 1.71. The Morgan fingerprint density at radius 1 is 1.35 bits per heavy atom. The summed E-state index contributed by atoms with van der Waals surface area (Å²) in [6, 6.07) is 3.58. The van der Waals surface area contributed by atoms with Crippen LogP contribution in [0.1, 0.15) is 30.8 Å². The van der Waals surface area contributed by atoms with Gasteiger partial charge in [-0.15, -0.1) is 11.3 Å². The van der Waals surface area contributed by atoms with Gasteiger partial charge in [-0.1, -0.05) is 0 Å². The standard InChI is InChI=1S/C15H23N3O3S2/c1-10(2)21-7-5-6-16-23(19,20)15-9-14(22-12(15)4)13-8-11(3)17-18-13/h8-10,16H,5-7H2,1-4H3,(H,17,18). The molecule has 6 nitrogen and oxygen atoms in total. The van der Waals surface area contributed by atoms with Crippen molar-refractivity contribution in [3.05, 3.63) is 22.7 Å². The highest BCUT2D eigenvalue weighted by molar-refractivity contribution is 7.89. The number of thiophene rings is 1. The van der Waals surface area contributed by atoms with Gasteiger partial charge in [0.1, 0.15) is 5.69 Å². The second-order valence-corrected chi connectivity index (χ2v) is 8.63. The fourth-order valence-corrected chi connectivity index (χ4v) is 4.70. The maximum Gasteiger partial charge on any atom is 0.241 e. The van der Waals surface area contributed by atoms with Gasteiger partial charge in [0.25, 0.3) is 0 Å². The van der Waals surface area contributed by atoms with Crippen LogP contribution in [0.25, 0.3) is 10.6 Å². The summed E-state index contributed by atoms with van der Waals surface area (Å²) in [7, 11) is -3.51. The Balaban J connectivity index is 2.04. The number of aromatic nitrogens is 2. The van der Waals surface area contributed by atoms with E-state index in [0.29, 0.717) is 24.5 Å². The maximum atomic E-state index is 12.4. The Kier molecular flexibility index (Phi) is 5.96. The van der Waals surface area contributed by atoms with Crippen LogP contribution < -0.4 is 4.72 Å². The zero-order valence-corrected chi connectivity index (χ0v) is 15.5. The molecule has 0 atom stereocenters. The number of rotatable bonds is 8. The van der Waals surface area contributed by atoms with Gasteiger partial charge in [0.05, 0.1) is 15.9 Å². The second kappa shape index (κ2) is 7.57. The van der Waals surface area contributed by atoms with Gasteiger partial charge in [-0.3, -0.25) is 5.10 Å². The van der Waals surface area contributed by atoms with Crippen molar-refractivity contribution < 1.29 is 13.2 Å². The zero-order chi connectivity index (χ0) is 17.0. The van der Waals surface area contributed by atoms with E-state index < -0.39 is 10.0 Å². The number of nitrogens with one attached hydrogen (secondary N) is 2. The molecular weight excluding hydrogens is 334 g/mol. The Hall–Kier alpha value is -1.22. The van der Waals surface area contributed by atoms with Crippen LogP contribution in [-0.2, 0) is 14.8 Å². The number of nitrogens with zero attached hydrogens (tertiary/aromatic N) is 1. The average molecular weight is 358 g/mol. The highest BCUT2D eigenvalue weighted by atomic mass is 32.2. The maximum absolute atomic E-state index is 12.4. The fourth-order valence-electron chi connectivity index (χ4n) is 2.08. The van der Waals surface area contributed by atoms with Crippen molar-refractivity contribution in [2.75, 3.05) is 13.2 Å². The van der Waals surface area contributed by atoms with E-state index in [-0.39, 0.29) is 6.10 Å². The molecule has 2 N–H and O–H groups in total. The Morgan fingerprint density at radius 2 is 2.09 bits per heavy atom. The van der Waals surface area contributed by atoms with Crippen LogP contribution in [-0.4, -0.2) is 37.9 Å². The lowest BCUT2D eigenvalue weighted by Crippen LogP contribution is -2.26. The molecule has 0 saturated carbocycles. The monoisotopic (exact) mass is 357 g/mol. The number of H-pyrrole nitrogens is 1. The van der Waals surface area contributed by atoms with E-state index in [0.717, 1.165) is 21.1 Å². The van der Waals surface area contributed by atoms with Gasteiger partial charge in [-0.25, -0.2) is 13.1 Å². The third-order valence-electron chi connectivity index (χ3n) is 3.18. The lowest BCUT2D eigenvalue weighted by atomic mass is 10.3. The van der Waals surface area contributed by atoms with Gasteiger partial charge in [-0.2, -0.15) is 5.10 Å². The number of hydrogen-bond donors (Lipinski definition) is 2. The third-order valence-corrected chi connectivity index (χ3v) is 5.97. The minimum atomic E-state index is -3.51. The molecule has 8 heteroatoms. The molecule has 0 bridgehead atoms. The molecule has 128 valence electrons. The van der Waals surface area contributed by atoms with Crippen molar-refractivity contribution in [2.45, 2.75) is 45.1 Å². The molecule has 0 fully saturated rings. The van der Waals surface area contributed by atoms with Crippen LogP contribution in [0.4, 0.5) is 0 Å². The van der Waals surface area contributed by atoms with Gasteiger partial charge < -0.3 is 4.74 Å². The highest BCUT2D eigenvalue weighted by Crippen LogP contribution is 2.32. The first-order chi connectivity index (χ1) is 10.8. The number of aryl methyl sites for hydroxylation is 2. The molecule has 0 aliphatic carbocycles. The van der Waals surface area contributed by atoms with E-state index in [9.17, 15) is 8.42 Å². The summed E-state index contributed by atoms with van der Waals surface area (Å²) in [5, 5.41) is 7.05. The summed E-state index contributed by atoms with van der Waals surface area (Å²) in [5.74, 6) is 0. The smallest absolute Gasteiger partial charge is 0.241 e. The molecule has 2 rings (SSSR count). The topological polar surface area (TPSA) is 84.1 Å². The van der Waals surface area contributed by atoms with Crippen molar-refractivity contribution in [2.24, 2.45) is 0 Å². The van der Waals surface area contributed by atoms with E-state index in [1.165, 1.54) is 11.3 Å². The summed E-state index contributed by atoms with van der Waals surface area (Å²) < 4.78 is 32.9. The first-order valence-electron chi connectivity index (χ1n) is 7.53. The van der Waals surface area contributed by atoms with Crippen molar-refractivity contribution in [1.29, 1.82) is 0 Å². The lowest BCUT2D eigenvalue weighted by Gasteiger charge is -2.08. The number of sulfonamides is 1. The predicted octanol–water partition coefficient (Wildman–Crippen LogP) is 2.85. The van der Waals surface area contributed by atoms with E-state index in [1.807, 2.05) is 33.8 Å². The molecule has 0 aromatic carbocycles. The first kappa shape index (κ1) is 18.1. The molecule has 2 aromatic rings. The predicted molar refractivity (Wildman–Crippen MR) is 92.3 cm³/mol. The summed E-state index contributed by atoms with van der Waals surface area (Å²) >= 11 is 1.43. The molecule has 2 heterocycles. The van der Waals surface area contributed by atoms with Crippen LogP contribution in [0.5, 0.6) is 0 Å². The van der Waals surface area contributed by atoms with E-state index in [1.54, 1.807) is 6.07 Å². The van der Waals surface area contributed by atoms with E-state index in [4.69, 9.17) is 4.74 Å². The molecular formula is C15H23N3O3S2. The highest BCUT2D eigenvalue weighted by Gasteiger charge is 2.20. The van der Waals surface area contributed by atoms with Crippen molar-refractivity contribution in [3.8, 4) is 10.6 Å². The quantitative estimate of drug-likeness (QED) is 0.712. The van der Waals surface area contributed by atoms with Crippen LogP contribution in [0.2, 0.25) is 0 Å². The Bertz CT molecular complexity index is 748. The second-order valence-electron chi connectivity index (χ2n) is 5.64. The Labute approximate surface area is 141 Å². The summed E-state index contributed by atoms with van der Waals surface area (Å²) in [6.07, 6.45) is 0.803. The number of aromatic amines is 1. The van der Waals surface area contributed by atoms with Crippen molar-refractivity contribution >= 4 is 21.4 Å². The van der Waals surface area contributed by atoms with E-state index in [2.05, 4.69) is 14.9 Å². The zero-order valence-electron chi connectivity index (χ0n) is 13.8. The lowest BCUT2D eigenvalue weighted by molar-refractivity contribution is 0.0778. The van der Waals surface area contributed by atoms with Crippen LogP contribution >= 0.6 is 11.3 Å². The third kappa shape index (κ3) is 4.87. The summed E-state index contributed by atoms with van der Waals surface area (Å²) in [4.78, 5) is 1.92. The first-order valence-corrected chi connectivity index (χ1v) is 9.83. The van der Waals surface area contributed by atoms with Gasteiger partial charge in [0.15, 0.2) is 0 Å². The molecule has 0 unspecified atom stereocenters. The average Bonchev–Trinajstić information content (AvgIpc) is 3.04. The van der Waals surface area contributed by atoms with Gasteiger partial charge in [-0.05, 0) is 46.2 Å². The normalized spacial score (nSPS) is 12.2. The van der Waals surface area contributed by atoms with Crippen LogP contribution in [0, 0.1) is 13.8 Å². The molecule has 0 saturated heterocycles. The minimum absolute atomic E-state index is 0.158. The SMILES string of the molecule is Cc1cc(-c2cc(S(=O)(=O)NCCCOC(C)C)c(C)s2)n[nH]1. The van der Waals surface area contributed by atoms with Crippen LogP contribution in [0.3, 0.4) is 0 Å². The molecule has 23 heavy (non-hydrogen) atoms.